The van der Waals surface area contributed by atoms with Crippen molar-refractivity contribution >= 4 is 12.6 Å². The van der Waals surface area contributed by atoms with Crippen molar-refractivity contribution in [3.8, 4) is 0 Å². The molecule has 0 N–H and O–H groups in total. The van der Waals surface area contributed by atoms with Crippen molar-refractivity contribution in [1.82, 2.24) is 0 Å². The van der Waals surface area contributed by atoms with Crippen LogP contribution >= 0.6 is 7.26 Å². The van der Waals surface area contributed by atoms with Crippen molar-refractivity contribution in [2.75, 3.05) is 12.3 Å². The van der Waals surface area contributed by atoms with E-state index in [0.717, 1.165) is 11.8 Å². The van der Waals surface area contributed by atoms with Crippen LogP contribution in [-0.2, 0) is 0 Å². The van der Waals surface area contributed by atoms with E-state index >= 15 is 0 Å². The lowest BCUT2D eigenvalue weighted by molar-refractivity contribution is 0.411. The molecule has 1 fully saturated rings. The summed E-state index contributed by atoms with van der Waals surface area (Å²) in [4.78, 5) is 0. The van der Waals surface area contributed by atoms with Gasteiger partial charge in [-0.3, -0.25) is 0 Å². The molecule has 2 atom stereocenters. The van der Waals surface area contributed by atoms with Gasteiger partial charge in [0.1, 0.15) is 10.6 Å². The Hall–Kier alpha value is -0.870. The number of benzene rings is 1. The van der Waals surface area contributed by atoms with Crippen molar-refractivity contribution in [2.24, 2.45) is 17.3 Å². The Balaban J connectivity index is 1.72. The van der Waals surface area contributed by atoms with Gasteiger partial charge < -0.3 is 0 Å². The van der Waals surface area contributed by atoms with E-state index < -0.39 is 7.26 Å². The van der Waals surface area contributed by atoms with Crippen molar-refractivity contribution < 1.29 is 0 Å². The summed E-state index contributed by atoms with van der Waals surface area (Å²) >= 11 is 0. The van der Waals surface area contributed by atoms with E-state index in [-0.39, 0.29) is 0 Å². The zero-order chi connectivity index (χ0) is 14.7. The maximum absolute atomic E-state index is 2.44. The molecule has 4 rings (SSSR count). The molecular weight excluding hydrogens is 271 g/mol. The molecule has 1 heteroatoms. The van der Waals surface area contributed by atoms with Crippen LogP contribution in [0, 0.1) is 17.3 Å². The third-order valence-corrected chi connectivity index (χ3v) is 10.6. The molecule has 2 heterocycles. The SMILES string of the molecule is CC(C)(C)C1=C(c2ccccc2)[P+]12CC1CC=CCC1C2. The molecule has 0 radical (unpaired) electrons. The summed E-state index contributed by atoms with van der Waals surface area (Å²) in [6.07, 6.45) is 10.6. The summed E-state index contributed by atoms with van der Waals surface area (Å²) in [5.41, 5.74) is 1.89. The van der Waals surface area contributed by atoms with Crippen molar-refractivity contribution in [2.45, 2.75) is 33.6 Å². The highest BCUT2D eigenvalue weighted by Crippen LogP contribution is 2.96. The number of rotatable bonds is 1. The zero-order valence-electron chi connectivity index (χ0n) is 13.5. The maximum atomic E-state index is 2.44. The van der Waals surface area contributed by atoms with E-state index in [4.69, 9.17) is 0 Å². The summed E-state index contributed by atoms with van der Waals surface area (Å²) in [7, 11) is -0.919. The van der Waals surface area contributed by atoms with Crippen LogP contribution in [0.4, 0.5) is 0 Å². The van der Waals surface area contributed by atoms with Crippen LogP contribution < -0.4 is 0 Å². The summed E-state index contributed by atoms with van der Waals surface area (Å²) in [5, 5.41) is 3.68. The number of allylic oxidation sites excluding steroid dienone is 3. The highest BCUT2D eigenvalue weighted by Gasteiger charge is 2.71. The molecule has 0 bridgehead atoms. The first-order chi connectivity index (χ1) is 10.0. The van der Waals surface area contributed by atoms with E-state index in [2.05, 4.69) is 63.3 Å². The normalized spacial score (nSPS) is 34.4. The summed E-state index contributed by atoms with van der Waals surface area (Å²) < 4.78 is 0. The first-order valence-corrected chi connectivity index (χ1v) is 10.5. The minimum Gasteiger partial charge on any atom is -0.0881 e. The smallest absolute Gasteiger partial charge is 0.0881 e. The Bertz CT molecular complexity index is 599. The van der Waals surface area contributed by atoms with Gasteiger partial charge in [0, 0.05) is 22.8 Å². The molecule has 1 aromatic carbocycles. The molecule has 0 amide bonds. The molecule has 21 heavy (non-hydrogen) atoms. The summed E-state index contributed by atoms with van der Waals surface area (Å²) in [5.74, 6) is 1.95. The van der Waals surface area contributed by atoms with Crippen LogP contribution in [0.3, 0.4) is 0 Å². The predicted molar refractivity (Wildman–Crippen MR) is 94.8 cm³/mol. The first kappa shape index (κ1) is 13.8. The fraction of sp³-hybridized carbons (Fsp3) is 0.500. The lowest BCUT2D eigenvalue weighted by atomic mass is 9.86. The van der Waals surface area contributed by atoms with E-state index in [9.17, 15) is 0 Å². The molecular formula is C20H26P+. The Kier molecular flexibility index (Phi) is 2.99. The Morgan fingerprint density at radius 3 is 2.00 bits per heavy atom. The molecule has 1 aromatic rings. The van der Waals surface area contributed by atoms with Gasteiger partial charge in [0.2, 0.25) is 0 Å². The van der Waals surface area contributed by atoms with Gasteiger partial charge in [0.05, 0.1) is 19.6 Å². The molecule has 0 aromatic heterocycles. The van der Waals surface area contributed by atoms with Gasteiger partial charge >= 0.3 is 0 Å². The minimum absolute atomic E-state index is 0.361. The van der Waals surface area contributed by atoms with Crippen LogP contribution in [-0.4, -0.2) is 12.3 Å². The molecule has 0 nitrogen and oxygen atoms in total. The van der Waals surface area contributed by atoms with Gasteiger partial charge in [-0.2, -0.15) is 0 Å². The maximum Gasteiger partial charge on any atom is 0.145 e. The van der Waals surface area contributed by atoms with Crippen LogP contribution in [0.1, 0.15) is 39.2 Å². The Morgan fingerprint density at radius 1 is 0.905 bits per heavy atom. The topological polar surface area (TPSA) is 0 Å². The molecule has 110 valence electrons. The standard InChI is InChI=1S/C20H26P/c1-20(2,3)19-18(15-9-5-4-6-10-15)21(19)13-16-11-7-8-12-17(16)14-21/h4-10,16-17H,11-14H2,1-3H3/q+1. The average molecular weight is 297 g/mol. The van der Waals surface area contributed by atoms with E-state index in [1.54, 1.807) is 0 Å². The molecule has 3 aliphatic rings. The van der Waals surface area contributed by atoms with Crippen LogP contribution in [0.25, 0.3) is 5.31 Å². The third kappa shape index (κ3) is 2.07. The third-order valence-electron chi connectivity index (χ3n) is 5.59. The number of hydrogen-bond donors (Lipinski definition) is 0. The van der Waals surface area contributed by atoms with Gasteiger partial charge in [-0.15, -0.1) is 0 Å². The Morgan fingerprint density at radius 2 is 1.48 bits per heavy atom. The fourth-order valence-corrected chi connectivity index (χ4v) is 11.7. The van der Waals surface area contributed by atoms with Crippen LogP contribution in [0.15, 0.2) is 47.8 Å². The summed E-state index contributed by atoms with van der Waals surface area (Å²) in [6.45, 7) is 7.29. The van der Waals surface area contributed by atoms with E-state index in [1.807, 2.05) is 10.6 Å². The predicted octanol–water partition coefficient (Wildman–Crippen LogP) is 6.03. The molecule has 0 saturated carbocycles. The van der Waals surface area contributed by atoms with Crippen LogP contribution in [0.5, 0.6) is 0 Å². The van der Waals surface area contributed by atoms with Crippen molar-refractivity contribution in [1.29, 1.82) is 0 Å². The lowest BCUT2D eigenvalue weighted by Crippen LogP contribution is -2.13. The van der Waals surface area contributed by atoms with Crippen molar-refractivity contribution in [3.05, 3.63) is 53.4 Å². The highest BCUT2D eigenvalue weighted by molar-refractivity contribution is 7.97. The van der Waals surface area contributed by atoms with Gasteiger partial charge in [0.15, 0.2) is 0 Å². The second-order valence-electron chi connectivity index (χ2n) is 8.11. The average Bonchev–Trinajstić information content (AvgIpc) is 2.94. The van der Waals surface area contributed by atoms with Crippen LogP contribution in [0.2, 0.25) is 0 Å². The van der Waals surface area contributed by atoms with Gasteiger partial charge in [-0.25, -0.2) is 0 Å². The molecule has 1 aliphatic carbocycles. The van der Waals surface area contributed by atoms with E-state index in [1.165, 1.54) is 30.7 Å². The van der Waals surface area contributed by atoms with Gasteiger partial charge in [-0.1, -0.05) is 63.3 Å². The Labute approximate surface area is 129 Å². The zero-order valence-corrected chi connectivity index (χ0v) is 14.4. The molecule has 2 aliphatic heterocycles. The molecule has 1 saturated heterocycles. The monoisotopic (exact) mass is 297 g/mol. The molecule has 1 spiro atoms. The highest BCUT2D eigenvalue weighted by atomic mass is 31.2. The first-order valence-electron chi connectivity index (χ1n) is 8.36. The summed E-state index contributed by atoms with van der Waals surface area (Å²) in [6, 6.07) is 11.3. The number of fused-ring (bicyclic) bond motifs is 1. The minimum atomic E-state index is -0.919. The number of hydrogen-bond acceptors (Lipinski definition) is 0. The second-order valence-corrected chi connectivity index (χ2v) is 11.7. The largest absolute Gasteiger partial charge is 0.145 e. The van der Waals surface area contributed by atoms with Crippen molar-refractivity contribution in [3.63, 3.8) is 0 Å². The van der Waals surface area contributed by atoms with Gasteiger partial charge in [-0.05, 0) is 12.8 Å². The van der Waals surface area contributed by atoms with E-state index in [0.29, 0.717) is 5.41 Å². The quantitative estimate of drug-likeness (QED) is 0.438. The fourth-order valence-electron chi connectivity index (χ4n) is 4.90. The second kappa shape index (κ2) is 4.56. The molecule has 2 unspecified atom stereocenters. The van der Waals surface area contributed by atoms with Gasteiger partial charge in [0.25, 0.3) is 0 Å². The lowest BCUT2D eigenvalue weighted by Gasteiger charge is -2.16.